The van der Waals surface area contributed by atoms with E-state index in [1.807, 2.05) is 0 Å². The van der Waals surface area contributed by atoms with Crippen molar-refractivity contribution in [3.8, 4) is 0 Å². The number of hydrogen-bond donors (Lipinski definition) is 0. The Labute approximate surface area is 43.3 Å². The molecule has 0 aliphatic carbocycles. The number of rotatable bonds is 1. The molecule has 0 amide bonds. The molecule has 0 saturated carbocycles. The molecule has 4 heteroatoms. The summed E-state index contributed by atoms with van der Waals surface area (Å²) >= 11 is -2.62. The molecule has 0 spiro atoms. The van der Waals surface area contributed by atoms with Crippen LogP contribution < -0.4 is 0 Å². The molecule has 0 N–H and O–H groups in total. The van der Waals surface area contributed by atoms with Crippen molar-refractivity contribution < 1.29 is 13.6 Å². The van der Waals surface area contributed by atoms with Crippen molar-refractivity contribution in [2.45, 2.75) is 0 Å². The van der Waals surface area contributed by atoms with Crippen LogP contribution in [0.25, 0.3) is 0 Å². The van der Waals surface area contributed by atoms with Crippen LogP contribution in [-0.4, -0.2) is 13.9 Å². The molecule has 1 unspecified atom stereocenters. The van der Waals surface area contributed by atoms with Gasteiger partial charge in [-0.2, -0.15) is 0 Å². The zero-order chi connectivity index (χ0) is 5.86. The van der Waals surface area contributed by atoms with Crippen LogP contribution in [-0.2, 0) is 15.9 Å². The van der Waals surface area contributed by atoms with E-state index in [4.69, 9.17) is 0 Å². The van der Waals surface area contributed by atoms with Gasteiger partial charge in [0.1, 0.15) is 0 Å². The zero-order valence-electron chi connectivity index (χ0n) is 3.42. The molecular weight excluding hydrogens is 116 g/mol. The molecule has 0 aromatic rings. The fourth-order valence-electron chi connectivity index (χ4n) is 0.0680. The molecule has 0 rings (SSSR count). The van der Waals surface area contributed by atoms with Crippen molar-refractivity contribution in [3.63, 3.8) is 0 Å². The largest absolute Gasteiger partial charge is 0.766 e. The first kappa shape index (κ1) is 6.52. The predicted molar refractivity (Wildman–Crippen MR) is 24.1 cm³/mol. The van der Waals surface area contributed by atoms with Crippen LogP contribution in [0, 0.1) is 0 Å². The van der Waals surface area contributed by atoms with E-state index in [-0.39, 0.29) is 0 Å². The fourth-order valence-corrected chi connectivity index (χ4v) is 0.204. The zero-order valence-corrected chi connectivity index (χ0v) is 4.23. The number of carbonyl (C=O) groups excluding carboxylic acids is 1. The lowest BCUT2D eigenvalue weighted by Gasteiger charge is -1.93. The van der Waals surface area contributed by atoms with E-state index >= 15 is 0 Å². The Hall–Kier alpha value is -0.480. The molecule has 0 aliphatic rings. The fraction of sp³-hybridized carbons (Fsp3) is 0. The van der Waals surface area contributed by atoms with Crippen molar-refractivity contribution in [2.75, 3.05) is 0 Å². The smallest absolute Gasteiger partial charge is 0.228 e. The summed E-state index contributed by atoms with van der Waals surface area (Å²) in [5.74, 6) is 0. The predicted octanol–water partition coefficient (Wildman–Crippen LogP) is -0.422. The average Bonchev–Trinajstić information content (AvgIpc) is 1.65. The molecule has 0 heterocycles. The van der Waals surface area contributed by atoms with Crippen LogP contribution in [0.3, 0.4) is 0 Å². The molecule has 3 nitrogen and oxygen atoms in total. The summed E-state index contributed by atoms with van der Waals surface area (Å²) in [7, 11) is 0. The van der Waals surface area contributed by atoms with Crippen LogP contribution in [0.2, 0.25) is 0 Å². The lowest BCUT2D eigenvalue weighted by atomic mass is 10.7. The Morgan fingerprint density at radius 1 is 1.86 bits per heavy atom. The SMILES string of the molecule is C=CC(=O)S(=O)[O-]. The molecule has 0 aliphatic heterocycles. The molecule has 0 radical (unpaired) electrons. The highest BCUT2D eigenvalue weighted by molar-refractivity contribution is 7.95. The molecule has 0 bridgehead atoms. The normalized spacial score (nSPS) is 12.7. The lowest BCUT2D eigenvalue weighted by molar-refractivity contribution is -0.107. The minimum absolute atomic E-state index is 0.739. The quantitative estimate of drug-likeness (QED) is 0.348. The molecule has 0 aromatic heterocycles. The molecule has 0 saturated heterocycles. The maximum atomic E-state index is 9.78. The third-order valence-electron chi connectivity index (χ3n) is 0.331. The lowest BCUT2D eigenvalue weighted by Crippen LogP contribution is -1.99. The van der Waals surface area contributed by atoms with Gasteiger partial charge in [0.25, 0.3) is 0 Å². The van der Waals surface area contributed by atoms with Gasteiger partial charge in [0, 0.05) is 11.1 Å². The third-order valence-corrected chi connectivity index (χ3v) is 0.826. The van der Waals surface area contributed by atoms with Gasteiger partial charge in [0.15, 0.2) is 0 Å². The van der Waals surface area contributed by atoms with Gasteiger partial charge in [-0.15, -0.1) is 0 Å². The summed E-state index contributed by atoms with van der Waals surface area (Å²) in [6.07, 6.45) is 0.739. The summed E-state index contributed by atoms with van der Waals surface area (Å²) in [5.41, 5.74) is 0. The van der Waals surface area contributed by atoms with Crippen LogP contribution >= 0.6 is 0 Å². The highest BCUT2D eigenvalue weighted by atomic mass is 32.2. The van der Waals surface area contributed by atoms with Gasteiger partial charge in [0.05, 0.1) is 0 Å². The average molecular weight is 119 g/mol. The summed E-state index contributed by atoms with van der Waals surface area (Å²) in [6.45, 7) is 2.94. The minimum atomic E-state index is -2.62. The van der Waals surface area contributed by atoms with Crippen LogP contribution in [0.15, 0.2) is 12.7 Å². The van der Waals surface area contributed by atoms with Gasteiger partial charge in [-0.25, -0.2) is 0 Å². The van der Waals surface area contributed by atoms with Crippen LogP contribution in [0.5, 0.6) is 0 Å². The Balaban J connectivity index is 3.81. The topological polar surface area (TPSA) is 57.2 Å². The van der Waals surface area contributed by atoms with Gasteiger partial charge in [-0.3, -0.25) is 9.00 Å². The van der Waals surface area contributed by atoms with E-state index in [1.165, 1.54) is 0 Å². The maximum absolute atomic E-state index is 9.78. The monoisotopic (exact) mass is 119 g/mol. The third kappa shape index (κ3) is 2.24. The maximum Gasteiger partial charge on any atom is 0.228 e. The second-order valence-electron chi connectivity index (χ2n) is 0.758. The van der Waals surface area contributed by atoms with Gasteiger partial charge in [-0.1, -0.05) is 6.58 Å². The first-order chi connectivity index (χ1) is 3.18. The summed E-state index contributed by atoms with van der Waals surface area (Å²) in [6, 6.07) is 0. The number of carbonyl (C=O) groups is 1. The van der Waals surface area contributed by atoms with E-state index < -0.39 is 16.2 Å². The highest BCUT2D eigenvalue weighted by Crippen LogP contribution is 1.75. The Morgan fingerprint density at radius 3 is 2.29 bits per heavy atom. The standard InChI is InChI=1S/C3H4O3S/c1-2-3(4)7(5)6/h2H,1H2,(H,5,6)/p-1. The second-order valence-corrected chi connectivity index (χ2v) is 1.63. The molecule has 7 heavy (non-hydrogen) atoms. The minimum Gasteiger partial charge on any atom is -0.766 e. The Morgan fingerprint density at radius 2 is 2.29 bits per heavy atom. The summed E-state index contributed by atoms with van der Waals surface area (Å²) in [4.78, 5) is 9.78. The van der Waals surface area contributed by atoms with E-state index in [1.54, 1.807) is 0 Å². The summed E-state index contributed by atoms with van der Waals surface area (Å²) < 4.78 is 19.0. The van der Waals surface area contributed by atoms with Crippen LogP contribution in [0.1, 0.15) is 0 Å². The van der Waals surface area contributed by atoms with Crippen molar-refractivity contribution in [1.29, 1.82) is 0 Å². The van der Waals surface area contributed by atoms with E-state index in [0.29, 0.717) is 0 Å². The first-order valence-electron chi connectivity index (χ1n) is 1.44. The van der Waals surface area contributed by atoms with E-state index in [0.717, 1.165) is 6.08 Å². The van der Waals surface area contributed by atoms with Crippen molar-refractivity contribution in [3.05, 3.63) is 12.7 Å². The Kier molecular flexibility index (Phi) is 2.47. The number of hydrogen-bond acceptors (Lipinski definition) is 3. The second kappa shape index (κ2) is 2.65. The highest BCUT2D eigenvalue weighted by Gasteiger charge is 1.88. The van der Waals surface area contributed by atoms with Crippen LogP contribution in [0.4, 0.5) is 0 Å². The Bertz CT molecular complexity index is 117. The van der Waals surface area contributed by atoms with E-state index in [9.17, 15) is 13.6 Å². The van der Waals surface area contributed by atoms with Gasteiger partial charge in [0.2, 0.25) is 5.12 Å². The van der Waals surface area contributed by atoms with Gasteiger partial charge < -0.3 is 4.55 Å². The first-order valence-corrected chi connectivity index (χ1v) is 2.51. The van der Waals surface area contributed by atoms with Gasteiger partial charge >= 0.3 is 0 Å². The van der Waals surface area contributed by atoms with Crippen molar-refractivity contribution >= 4 is 16.2 Å². The molecular formula is C3H3O3S-. The van der Waals surface area contributed by atoms with E-state index in [2.05, 4.69) is 6.58 Å². The van der Waals surface area contributed by atoms with Crippen molar-refractivity contribution in [2.24, 2.45) is 0 Å². The van der Waals surface area contributed by atoms with Gasteiger partial charge in [-0.05, 0) is 6.08 Å². The molecule has 1 atom stereocenters. The molecule has 0 aromatic carbocycles. The van der Waals surface area contributed by atoms with Crippen molar-refractivity contribution in [1.82, 2.24) is 0 Å². The molecule has 40 valence electrons. The summed E-state index contributed by atoms with van der Waals surface area (Å²) in [5, 5.41) is -0.972. The molecule has 0 fully saturated rings.